The molecule has 9 heteroatoms. The zero-order valence-corrected chi connectivity index (χ0v) is 19.2. The number of hydrogen-bond acceptors (Lipinski definition) is 6. The molecule has 0 radical (unpaired) electrons. The minimum absolute atomic E-state index is 0.140. The molecule has 0 atom stereocenters. The van der Waals surface area contributed by atoms with E-state index in [-0.39, 0.29) is 10.5 Å². The zero-order valence-electron chi connectivity index (χ0n) is 18.4. The molecule has 33 heavy (non-hydrogen) atoms. The molecule has 0 bridgehead atoms. The van der Waals surface area contributed by atoms with Crippen LogP contribution in [0.1, 0.15) is 42.5 Å². The van der Waals surface area contributed by atoms with Gasteiger partial charge in [0, 0.05) is 31.7 Å². The lowest BCUT2D eigenvalue weighted by Crippen LogP contribution is -2.35. The third kappa shape index (κ3) is 4.43. The van der Waals surface area contributed by atoms with Crippen molar-refractivity contribution in [2.75, 3.05) is 36.4 Å². The van der Waals surface area contributed by atoms with E-state index in [1.807, 2.05) is 24.3 Å². The molecule has 3 heterocycles. The number of aromatic nitrogens is 2. The van der Waals surface area contributed by atoms with E-state index in [0.717, 1.165) is 50.7 Å². The van der Waals surface area contributed by atoms with E-state index in [2.05, 4.69) is 15.2 Å². The highest BCUT2D eigenvalue weighted by molar-refractivity contribution is 7.89. The summed E-state index contributed by atoms with van der Waals surface area (Å²) in [6.07, 6.45) is 4.90. The van der Waals surface area contributed by atoms with E-state index < -0.39 is 15.9 Å². The first-order valence-corrected chi connectivity index (χ1v) is 12.9. The SMILES string of the molecule is O=C(Nc1nc2ccccc2nc1N1CCCC1)c1cccc(S(=O)(=O)N2CCCCC2)c1. The monoisotopic (exact) mass is 465 g/mol. The van der Waals surface area contributed by atoms with Gasteiger partial charge in [-0.15, -0.1) is 0 Å². The number of nitrogens with one attached hydrogen (secondary N) is 1. The second-order valence-electron chi connectivity index (χ2n) is 8.53. The molecule has 0 aliphatic carbocycles. The molecule has 2 aromatic carbocycles. The van der Waals surface area contributed by atoms with Gasteiger partial charge in [-0.25, -0.2) is 18.4 Å². The molecule has 0 unspecified atom stereocenters. The van der Waals surface area contributed by atoms with Gasteiger partial charge in [0.15, 0.2) is 11.6 Å². The van der Waals surface area contributed by atoms with Crippen LogP contribution in [0.25, 0.3) is 11.0 Å². The van der Waals surface area contributed by atoms with E-state index in [4.69, 9.17) is 4.98 Å². The van der Waals surface area contributed by atoms with Crippen molar-refractivity contribution in [3.63, 3.8) is 0 Å². The maximum absolute atomic E-state index is 13.2. The summed E-state index contributed by atoms with van der Waals surface area (Å²) in [6.45, 7) is 2.76. The van der Waals surface area contributed by atoms with Gasteiger partial charge in [-0.05, 0) is 56.0 Å². The Morgan fingerprint density at radius 2 is 1.48 bits per heavy atom. The fourth-order valence-corrected chi connectivity index (χ4v) is 6.02. The Balaban J connectivity index is 1.45. The van der Waals surface area contributed by atoms with Crippen LogP contribution in [0.3, 0.4) is 0 Å². The number of piperidine rings is 1. The molecule has 5 rings (SSSR count). The smallest absolute Gasteiger partial charge is 0.256 e. The maximum atomic E-state index is 13.2. The molecule has 2 aliphatic rings. The summed E-state index contributed by atoms with van der Waals surface area (Å²) < 4.78 is 27.6. The van der Waals surface area contributed by atoms with Crippen molar-refractivity contribution in [1.29, 1.82) is 0 Å². The Morgan fingerprint density at radius 1 is 0.818 bits per heavy atom. The van der Waals surface area contributed by atoms with Gasteiger partial charge in [-0.2, -0.15) is 4.31 Å². The second kappa shape index (κ2) is 9.07. The lowest BCUT2D eigenvalue weighted by molar-refractivity contribution is 0.102. The van der Waals surface area contributed by atoms with E-state index in [0.29, 0.717) is 30.2 Å². The van der Waals surface area contributed by atoms with Crippen LogP contribution in [0.5, 0.6) is 0 Å². The maximum Gasteiger partial charge on any atom is 0.256 e. The fourth-order valence-electron chi connectivity index (χ4n) is 4.46. The van der Waals surface area contributed by atoms with Gasteiger partial charge in [0.05, 0.1) is 15.9 Å². The Bertz CT molecular complexity index is 1280. The van der Waals surface area contributed by atoms with Crippen molar-refractivity contribution < 1.29 is 13.2 Å². The number of benzene rings is 2. The van der Waals surface area contributed by atoms with Crippen LogP contribution in [-0.2, 0) is 10.0 Å². The Kier molecular flexibility index (Phi) is 5.99. The van der Waals surface area contributed by atoms with Gasteiger partial charge in [0.25, 0.3) is 5.91 Å². The van der Waals surface area contributed by atoms with Crippen LogP contribution in [0.2, 0.25) is 0 Å². The number of hydrogen-bond donors (Lipinski definition) is 1. The van der Waals surface area contributed by atoms with Gasteiger partial charge in [-0.3, -0.25) is 4.79 Å². The van der Waals surface area contributed by atoms with Crippen LogP contribution in [0.15, 0.2) is 53.4 Å². The summed E-state index contributed by atoms with van der Waals surface area (Å²) in [4.78, 5) is 24.9. The van der Waals surface area contributed by atoms with Crippen LogP contribution in [0, 0.1) is 0 Å². The average molecular weight is 466 g/mol. The van der Waals surface area contributed by atoms with Crippen LogP contribution >= 0.6 is 0 Å². The number of fused-ring (bicyclic) bond motifs is 1. The molecule has 2 fully saturated rings. The summed E-state index contributed by atoms with van der Waals surface area (Å²) in [5.41, 5.74) is 1.74. The molecule has 8 nitrogen and oxygen atoms in total. The van der Waals surface area contributed by atoms with E-state index in [1.54, 1.807) is 18.2 Å². The molecule has 172 valence electrons. The molecule has 2 saturated heterocycles. The first kappa shape index (κ1) is 21.8. The van der Waals surface area contributed by atoms with E-state index in [1.165, 1.54) is 10.4 Å². The molecule has 1 aromatic heterocycles. The normalized spacial score (nSPS) is 17.4. The Hall–Kier alpha value is -3.04. The minimum atomic E-state index is -3.62. The van der Waals surface area contributed by atoms with Crippen molar-refractivity contribution in [3.8, 4) is 0 Å². The lowest BCUT2D eigenvalue weighted by atomic mass is 10.2. The molecule has 3 aromatic rings. The van der Waals surface area contributed by atoms with Crippen molar-refractivity contribution >= 4 is 38.6 Å². The number of sulfonamides is 1. The molecule has 1 N–H and O–H groups in total. The Labute approximate surface area is 193 Å². The van der Waals surface area contributed by atoms with Crippen LogP contribution in [-0.4, -0.2) is 54.8 Å². The summed E-state index contributed by atoms with van der Waals surface area (Å²) in [6, 6.07) is 13.8. The van der Waals surface area contributed by atoms with Crippen LogP contribution < -0.4 is 10.2 Å². The molecule has 2 aliphatic heterocycles. The van der Waals surface area contributed by atoms with Gasteiger partial charge >= 0.3 is 0 Å². The summed E-state index contributed by atoms with van der Waals surface area (Å²) in [5.74, 6) is 0.636. The fraction of sp³-hybridized carbons (Fsp3) is 0.375. The van der Waals surface area contributed by atoms with E-state index >= 15 is 0 Å². The third-order valence-electron chi connectivity index (χ3n) is 6.24. The molecule has 0 spiro atoms. The highest BCUT2D eigenvalue weighted by Gasteiger charge is 2.27. The average Bonchev–Trinajstić information content (AvgIpc) is 3.39. The zero-order chi connectivity index (χ0) is 22.8. The summed E-state index contributed by atoms with van der Waals surface area (Å²) in [5, 5.41) is 2.89. The highest BCUT2D eigenvalue weighted by atomic mass is 32.2. The molecular weight excluding hydrogens is 438 g/mol. The largest absolute Gasteiger partial charge is 0.354 e. The number of carbonyl (C=O) groups excluding carboxylic acids is 1. The summed E-state index contributed by atoms with van der Waals surface area (Å²) in [7, 11) is -3.62. The third-order valence-corrected chi connectivity index (χ3v) is 8.13. The van der Waals surface area contributed by atoms with E-state index in [9.17, 15) is 13.2 Å². The Morgan fingerprint density at radius 3 is 2.21 bits per heavy atom. The number of nitrogens with zero attached hydrogens (tertiary/aromatic N) is 4. The molecule has 0 saturated carbocycles. The van der Waals surface area contributed by atoms with Gasteiger partial charge in [-0.1, -0.05) is 24.6 Å². The number of carbonyl (C=O) groups is 1. The minimum Gasteiger partial charge on any atom is -0.354 e. The number of amides is 1. The number of anilines is 2. The summed E-state index contributed by atoms with van der Waals surface area (Å²) >= 11 is 0. The predicted molar refractivity (Wildman–Crippen MR) is 128 cm³/mol. The van der Waals surface area contributed by atoms with Crippen molar-refractivity contribution in [2.24, 2.45) is 0 Å². The highest BCUT2D eigenvalue weighted by Crippen LogP contribution is 2.28. The van der Waals surface area contributed by atoms with Crippen LogP contribution in [0.4, 0.5) is 11.6 Å². The molecular formula is C24H27N5O3S. The first-order valence-electron chi connectivity index (χ1n) is 11.5. The second-order valence-corrected chi connectivity index (χ2v) is 10.5. The van der Waals surface area contributed by atoms with Crippen molar-refractivity contribution in [2.45, 2.75) is 37.0 Å². The van der Waals surface area contributed by atoms with Crippen molar-refractivity contribution in [3.05, 3.63) is 54.1 Å². The predicted octanol–water partition coefficient (Wildman–Crippen LogP) is 3.66. The van der Waals surface area contributed by atoms with Crippen molar-refractivity contribution in [1.82, 2.24) is 14.3 Å². The standard InChI is InChI=1S/C24H27N5O3S/c30-24(18-9-8-10-19(17-18)33(31,32)29-15-4-1-5-16-29)27-22-23(28-13-6-7-14-28)26-21-12-3-2-11-20(21)25-22/h2-3,8-12,17H,1,4-7,13-16H2,(H,25,27,30). The number of para-hydroxylation sites is 2. The topological polar surface area (TPSA) is 95.5 Å². The quantitative estimate of drug-likeness (QED) is 0.618. The van der Waals surface area contributed by atoms with Gasteiger partial charge in [0.2, 0.25) is 10.0 Å². The lowest BCUT2D eigenvalue weighted by Gasteiger charge is -2.26. The van der Waals surface area contributed by atoms with Gasteiger partial charge < -0.3 is 10.2 Å². The number of rotatable bonds is 5. The first-order chi connectivity index (χ1) is 16.0. The van der Waals surface area contributed by atoms with Gasteiger partial charge in [0.1, 0.15) is 0 Å². The molecule has 1 amide bonds.